The molecular weight excluding hydrogens is 364 g/mol. The second kappa shape index (κ2) is 15.3. The topological polar surface area (TPSA) is 124 Å². The standard InChI is InChI=1S/C20H30N2O6/c1-2-3-4-5-6-7-8-9-10-11-12-13-14-15-16-17-18-20(19(23)24,21(25)26)22(27)28/h6-7,9-10,12-13,15-16H,2-5,8,11,14,17-18H2,1H3,(H,23,24). The summed E-state index contributed by atoms with van der Waals surface area (Å²) in [4.78, 5) is 29.9. The summed E-state index contributed by atoms with van der Waals surface area (Å²) in [5, 5.41) is 30.5. The van der Waals surface area contributed by atoms with E-state index < -0.39 is 27.9 Å². The van der Waals surface area contributed by atoms with Crippen molar-refractivity contribution in [3.63, 3.8) is 0 Å². The van der Waals surface area contributed by atoms with Crippen LogP contribution in [0.4, 0.5) is 0 Å². The van der Waals surface area contributed by atoms with Crippen LogP contribution in [0, 0.1) is 20.2 Å². The maximum Gasteiger partial charge on any atom is 0.552 e. The number of allylic oxidation sites excluding steroid dienone is 8. The molecule has 0 aromatic carbocycles. The second-order valence-electron chi connectivity index (χ2n) is 6.26. The average Bonchev–Trinajstić information content (AvgIpc) is 2.63. The number of carbonyl (C=O) groups is 1. The molecule has 0 aliphatic rings. The number of unbranched alkanes of at least 4 members (excludes halogenated alkanes) is 3. The molecule has 0 spiro atoms. The summed E-state index contributed by atoms with van der Waals surface area (Å²) in [6.45, 7) is 2.19. The fourth-order valence-corrected chi connectivity index (χ4v) is 2.36. The van der Waals surface area contributed by atoms with Crippen LogP contribution in [0.2, 0.25) is 0 Å². The highest BCUT2D eigenvalue weighted by atomic mass is 16.7. The summed E-state index contributed by atoms with van der Waals surface area (Å²) < 4.78 is 0. The van der Waals surface area contributed by atoms with E-state index in [0.29, 0.717) is 6.42 Å². The molecule has 8 nitrogen and oxygen atoms in total. The van der Waals surface area contributed by atoms with Gasteiger partial charge in [0.1, 0.15) is 16.3 Å². The molecule has 0 radical (unpaired) electrons. The highest BCUT2D eigenvalue weighted by molar-refractivity contribution is 5.74. The molecule has 0 rings (SSSR count). The van der Waals surface area contributed by atoms with Gasteiger partial charge in [0.05, 0.1) is 0 Å². The van der Waals surface area contributed by atoms with Gasteiger partial charge in [0.2, 0.25) is 0 Å². The Morgan fingerprint density at radius 1 is 0.821 bits per heavy atom. The van der Waals surface area contributed by atoms with Gasteiger partial charge in [-0.25, -0.2) is 4.79 Å². The zero-order valence-corrected chi connectivity index (χ0v) is 16.4. The van der Waals surface area contributed by atoms with Gasteiger partial charge in [-0.3, -0.25) is 20.2 Å². The molecule has 28 heavy (non-hydrogen) atoms. The molecule has 156 valence electrons. The maximum atomic E-state index is 11.0. The Hall–Kier alpha value is -2.77. The molecule has 0 unspecified atom stereocenters. The SMILES string of the molecule is CCCCCC=CCC=CCC=CCC=CCCC(C(=O)O)([N+](=O)[O-])[N+](=O)[O-]. The molecule has 0 aromatic rings. The van der Waals surface area contributed by atoms with E-state index in [-0.39, 0.29) is 6.42 Å². The summed E-state index contributed by atoms with van der Waals surface area (Å²) >= 11 is 0. The van der Waals surface area contributed by atoms with Crippen LogP contribution in [-0.2, 0) is 4.79 Å². The molecule has 0 aromatic heterocycles. The van der Waals surface area contributed by atoms with Crippen LogP contribution in [-0.4, -0.2) is 26.6 Å². The number of hydrogen-bond donors (Lipinski definition) is 1. The van der Waals surface area contributed by atoms with Crippen molar-refractivity contribution in [2.24, 2.45) is 0 Å². The normalized spacial score (nSPS) is 12.6. The predicted octanol–water partition coefficient (Wildman–Crippen LogP) is 5.08. The van der Waals surface area contributed by atoms with Crippen molar-refractivity contribution in [1.29, 1.82) is 0 Å². The Labute approximate surface area is 165 Å². The monoisotopic (exact) mass is 394 g/mol. The fraction of sp³-hybridized carbons (Fsp3) is 0.550. The molecule has 8 heteroatoms. The van der Waals surface area contributed by atoms with Crippen molar-refractivity contribution >= 4 is 5.97 Å². The number of carboxylic acid groups (broad SMARTS) is 1. The van der Waals surface area contributed by atoms with Gasteiger partial charge in [0.15, 0.2) is 0 Å². The number of nitro groups is 2. The van der Waals surface area contributed by atoms with Gasteiger partial charge in [0.25, 0.3) is 0 Å². The van der Waals surface area contributed by atoms with Crippen molar-refractivity contribution in [3.05, 3.63) is 68.8 Å². The first-order chi connectivity index (χ1) is 13.4. The number of rotatable bonds is 16. The lowest BCUT2D eigenvalue weighted by molar-refractivity contribution is -0.778. The highest BCUT2D eigenvalue weighted by Crippen LogP contribution is 2.19. The minimum absolute atomic E-state index is 0.0629. The number of aliphatic carboxylic acids is 1. The summed E-state index contributed by atoms with van der Waals surface area (Å²) in [6, 6.07) is 0. The quantitative estimate of drug-likeness (QED) is 0.128. The van der Waals surface area contributed by atoms with E-state index in [2.05, 4.69) is 31.2 Å². The van der Waals surface area contributed by atoms with Crippen LogP contribution in [0.15, 0.2) is 48.6 Å². The summed E-state index contributed by atoms with van der Waals surface area (Å²) in [5.41, 5.74) is -3.19. The molecule has 0 amide bonds. The van der Waals surface area contributed by atoms with Crippen LogP contribution >= 0.6 is 0 Å². The summed E-state index contributed by atoms with van der Waals surface area (Å²) in [6.07, 6.45) is 22.0. The molecule has 0 bridgehead atoms. The van der Waals surface area contributed by atoms with Gasteiger partial charge >= 0.3 is 11.6 Å². The molecule has 0 atom stereocenters. The van der Waals surface area contributed by atoms with E-state index in [4.69, 9.17) is 5.11 Å². The largest absolute Gasteiger partial charge is 0.552 e. The minimum atomic E-state index is -3.19. The van der Waals surface area contributed by atoms with Crippen LogP contribution < -0.4 is 0 Å². The molecule has 1 N–H and O–H groups in total. The van der Waals surface area contributed by atoms with Gasteiger partial charge in [-0.05, 0) is 38.5 Å². The minimum Gasteiger partial charge on any atom is -0.470 e. The van der Waals surface area contributed by atoms with E-state index in [1.54, 1.807) is 6.08 Å². The third kappa shape index (κ3) is 9.80. The van der Waals surface area contributed by atoms with Crippen LogP contribution in [0.1, 0.15) is 64.7 Å². The first-order valence-electron chi connectivity index (χ1n) is 9.52. The first kappa shape index (κ1) is 25.2. The van der Waals surface area contributed by atoms with Gasteiger partial charge in [-0.15, -0.1) is 0 Å². The lowest BCUT2D eigenvalue weighted by Gasteiger charge is -2.11. The fourth-order valence-electron chi connectivity index (χ4n) is 2.36. The molecule has 0 heterocycles. The Morgan fingerprint density at radius 2 is 1.25 bits per heavy atom. The lowest BCUT2D eigenvalue weighted by atomic mass is 10.1. The Morgan fingerprint density at radius 3 is 1.64 bits per heavy atom. The zero-order valence-electron chi connectivity index (χ0n) is 16.4. The van der Waals surface area contributed by atoms with Crippen molar-refractivity contribution in [2.45, 2.75) is 70.4 Å². The average molecular weight is 394 g/mol. The van der Waals surface area contributed by atoms with E-state index in [1.165, 1.54) is 25.3 Å². The predicted molar refractivity (Wildman–Crippen MR) is 108 cm³/mol. The molecule has 0 fully saturated rings. The molecular formula is C20H30N2O6. The third-order valence-corrected chi connectivity index (χ3v) is 4.06. The second-order valence-corrected chi connectivity index (χ2v) is 6.26. The molecule has 0 aliphatic heterocycles. The first-order valence-corrected chi connectivity index (χ1v) is 9.52. The van der Waals surface area contributed by atoms with Crippen molar-refractivity contribution in [1.82, 2.24) is 0 Å². The molecule has 0 aliphatic carbocycles. The summed E-state index contributed by atoms with van der Waals surface area (Å²) in [7, 11) is 0. The third-order valence-electron chi connectivity index (χ3n) is 4.06. The number of hydrogen-bond acceptors (Lipinski definition) is 5. The number of carboxylic acids is 1. The van der Waals surface area contributed by atoms with Crippen LogP contribution in [0.25, 0.3) is 0 Å². The smallest absolute Gasteiger partial charge is 0.470 e. The lowest BCUT2D eigenvalue weighted by Crippen LogP contribution is -2.53. The number of nitrogens with zero attached hydrogens (tertiary/aromatic N) is 2. The summed E-state index contributed by atoms with van der Waals surface area (Å²) in [5.74, 6) is -2.06. The van der Waals surface area contributed by atoms with Gasteiger partial charge < -0.3 is 5.11 Å². The van der Waals surface area contributed by atoms with Crippen molar-refractivity contribution in [2.75, 3.05) is 0 Å². The maximum absolute atomic E-state index is 11.0. The van der Waals surface area contributed by atoms with Crippen LogP contribution in [0.5, 0.6) is 0 Å². The van der Waals surface area contributed by atoms with Gasteiger partial charge in [-0.2, -0.15) is 0 Å². The van der Waals surface area contributed by atoms with E-state index in [0.717, 1.165) is 19.3 Å². The van der Waals surface area contributed by atoms with E-state index in [9.17, 15) is 25.0 Å². The van der Waals surface area contributed by atoms with Gasteiger partial charge in [-0.1, -0.05) is 68.4 Å². The molecule has 0 saturated heterocycles. The Balaban J connectivity index is 4.06. The van der Waals surface area contributed by atoms with E-state index in [1.807, 2.05) is 12.2 Å². The Kier molecular flexibility index (Phi) is 13.8. The van der Waals surface area contributed by atoms with Crippen molar-refractivity contribution < 1.29 is 19.7 Å². The van der Waals surface area contributed by atoms with E-state index >= 15 is 0 Å². The van der Waals surface area contributed by atoms with Crippen molar-refractivity contribution in [3.8, 4) is 0 Å². The zero-order chi connectivity index (χ0) is 21.3. The van der Waals surface area contributed by atoms with Gasteiger partial charge in [0, 0.05) is 0 Å². The highest BCUT2D eigenvalue weighted by Gasteiger charge is 2.64. The Bertz CT molecular complexity index is 572. The molecule has 0 saturated carbocycles. The van der Waals surface area contributed by atoms with Crippen LogP contribution in [0.3, 0.4) is 0 Å².